The van der Waals surface area contributed by atoms with Gasteiger partial charge in [0.1, 0.15) is 12.2 Å². The number of anilines is 1. The number of hydrogen-bond donors (Lipinski definition) is 1. The monoisotopic (exact) mass is 212 g/mol. The molecule has 15 heavy (non-hydrogen) atoms. The molecule has 0 amide bonds. The van der Waals surface area contributed by atoms with Gasteiger partial charge in [0.25, 0.3) is 0 Å². The molecule has 1 N–H and O–H groups in total. The summed E-state index contributed by atoms with van der Waals surface area (Å²) in [5.41, 5.74) is 0. The minimum atomic E-state index is -0.892. The number of rotatable bonds is 5. The van der Waals surface area contributed by atoms with Gasteiger partial charge in [0.2, 0.25) is 5.95 Å². The minimum Gasteiger partial charge on any atom is -0.481 e. The zero-order chi connectivity index (χ0) is 11.4. The summed E-state index contributed by atoms with van der Waals surface area (Å²) in [6.45, 7) is 5.70. The largest absolute Gasteiger partial charge is 0.481 e. The molecule has 0 aliphatic heterocycles. The standard InChI is InChI=1S/C9H16N4O2/c1-4-13(5-2)9-11-10-7(12(9)3)6-8(14)15/h4-6H2,1-3H3,(H,14,15). The fourth-order valence-corrected chi connectivity index (χ4v) is 1.42. The van der Waals surface area contributed by atoms with E-state index in [9.17, 15) is 4.79 Å². The summed E-state index contributed by atoms with van der Waals surface area (Å²) in [5, 5.41) is 16.5. The zero-order valence-electron chi connectivity index (χ0n) is 9.27. The third-order valence-corrected chi connectivity index (χ3v) is 2.30. The topological polar surface area (TPSA) is 71.2 Å². The van der Waals surface area contributed by atoms with Gasteiger partial charge in [-0.25, -0.2) is 0 Å². The second kappa shape index (κ2) is 4.77. The van der Waals surface area contributed by atoms with E-state index in [1.165, 1.54) is 0 Å². The molecule has 0 saturated carbocycles. The van der Waals surface area contributed by atoms with E-state index in [-0.39, 0.29) is 6.42 Å². The Morgan fingerprint density at radius 1 is 1.40 bits per heavy atom. The Balaban J connectivity index is 2.92. The lowest BCUT2D eigenvalue weighted by atomic mass is 10.4. The Morgan fingerprint density at radius 2 is 2.00 bits per heavy atom. The number of carbonyl (C=O) groups is 1. The van der Waals surface area contributed by atoms with Crippen molar-refractivity contribution in [3.05, 3.63) is 5.82 Å². The first-order valence-electron chi connectivity index (χ1n) is 4.95. The first-order valence-corrected chi connectivity index (χ1v) is 4.95. The molecule has 6 heteroatoms. The van der Waals surface area contributed by atoms with Crippen LogP contribution in [0.25, 0.3) is 0 Å². The fraction of sp³-hybridized carbons (Fsp3) is 0.667. The van der Waals surface area contributed by atoms with Crippen molar-refractivity contribution in [1.82, 2.24) is 14.8 Å². The van der Waals surface area contributed by atoms with Crippen LogP contribution in [0.3, 0.4) is 0 Å². The molecule has 84 valence electrons. The van der Waals surface area contributed by atoms with E-state index in [1.54, 1.807) is 11.6 Å². The summed E-state index contributed by atoms with van der Waals surface area (Å²) in [7, 11) is 1.78. The molecule has 0 spiro atoms. The van der Waals surface area contributed by atoms with Gasteiger partial charge in [-0.05, 0) is 13.8 Å². The van der Waals surface area contributed by atoms with Crippen LogP contribution in [0.15, 0.2) is 0 Å². The SMILES string of the molecule is CCN(CC)c1nnc(CC(=O)O)n1C. The van der Waals surface area contributed by atoms with E-state index in [1.807, 2.05) is 18.7 Å². The number of aromatic nitrogens is 3. The highest BCUT2D eigenvalue weighted by atomic mass is 16.4. The number of carboxylic acids is 1. The van der Waals surface area contributed by atoms with Crippen molar-refractivity contribution in [2.24, 2.45) is 7.05 Å². The summed E-state index contributed by atoms with van der Waals surface area (Å²) in [5.74, 6) is 0.303. The van der Waals surface area contributed by atoms with Crippen molar-refractivity contribution >= 4 is 11.9 Å². The first kappa shape index (κ1) is 11.5. The summed E-state index contributed by atoms with van der Waals surface area (Å²) < 4.78 is 1.72. The van der Waals surface area contributed by atoms with Crippen LogP contribution in [0, 0.1) is 0 Å². The molecule has 1 aromatic rings. The Hall–Kier alpha value is -1.59. The second-order valence-corrected chi connectivity index (χ2v) is 3.22. The average Bonchev–Trinajstić information content (AvgIpc) is 2.51. The van der Waals surface area contributed by atoms with E-state index < -0.39 is 5.97 Å². The van der Waals surface area contributed by atoms with Crippen LogP contribution in [0.1, 0.15) is 19.7 Å². The van der Waals surface area contributed by atoms with Crippen LogP contribution < -0.4 is 4.90 Å². The lowest BCUT2D eigenvalue weighted by Crippen LogP contribution is -2.25. The molecule has 0 fully saturated rings. The van der Waals surface area contributed by atoms with E-state index >= 15 is 0 Å². The van der Waals surface area contributed by atoms with Gasteiger partial charge in [-0.1, -0.05) is 0 Å². The maximum atomic E-state index is 10.5. The molecule has 0 saturated heterocycles. The van der Waals surface area contributed by atoms with Gasteiger partial charge in [0.05, 0.1) is 0 Å². The predicted octanol–water partition coefficient (Wildman–Crippen LogP) is 0.288. The van der Waals surface area contributed by atoms with Crippen molar-refractivity contribution in [3.8, 4) is 0 Å². The van der Waals surface area contributed by atoms with Gasteiger partial charge < -0.3 is 10.0 Å². The lowest BCUT2D eigenvalue weighted by Gasteiger charge is -2.18. The molecule has 0 aliphatic rings. The summed E-state index contributed by atoms with van der Waals surface area (Å²) in [6, 6.07) is 0. The molecule has 1 heterocycles. The highest BCUT2D eigenvalue weighted by Gasteiger charge is 2.14. The Kier molecular flexibility index (Phi) is 3.65. The molecule has 0 aromatic carbocycles. The summed E-state index contributed by atoms with van der Waals surface area (Å²) >= 11 is 0. The van der Waals surface area contributed by atoms with E-state index in [0.717, 1.165) is 19.0 Å². The summed E-state index contributed by atoms with van der Waals surface area (Å²) in [4.78, 5) is 12.6. The van der Waals surface area contributed by atoms with Crippen molar-refractivity contribution in [3.63, 3.8) is 0 Å². The van der Waals surface area contributed by atoms with Crippen LogP contribution >= 0.6 is 0 Å². The lowest BCUT2D eigenvalue weighted by molar-refractivity contribution is -0.136. The highest BCUT2D eigenvalue weighted by Crippen LogP contribution is 2.11. The third kappa shape index (κ3) is 2.45. The zero-order valence-corrected chi connectivity index (χ0v) is 9.27. The maximum Gasteiger partial charge on any atom is 0.311 e. The second-order valence-electron chi connectivity index (χ2n) is 3.22. The molecule has 0 radical (unpaired) electrons. The van der Waals surface area contributed by atoms with Crippen LogP contribution in [0.4, 0.5) is 5.95 Å². The van der Waals surface area contributed by atoms with Gasteiger partial charge in [-0.15, -0.1) is 10.2 Å². The molecule has 0 bridgehead atoms. The van der Waals surface area contributed by atoms with Crippen molar-refractivity contribution in [1.29, 1.82) is 0 Å². The van der Waals surface area contributed by atoms with Gasteiger partial charge in [0.15, 0.2) is 0 Å². The molecule has 0 unspecified atom stereocenters. The Bertz CT molecular complexity index is 344. The van der Waals surface area contributed by atoms with Crippen molar-refractivity contribution in [2.45, 2.75) is 20.3 Å². The van der Waals surface area contributed by atoms with Crippen LogP contribution in [-0.4, -0.2) is 38.9 Å². The first-order chi connectivity index (χ1) is 7.10. The predicted molar refractivity (Wildman–Crippen MR) is 55.9 cm³/mol. The van der Waals surface area contributed by atoms with E-state index in [0.29, 0.717) is 5.82 Å². The van der Waals surface area contributed by atoms with E-state index in [2.05, 4.69) is 10.2 Å². The van der Waals surface area contributed by atoms with Gasteiger partial charge in [-0.3, -0.25) is 9.36 Å². The van der Waals surface area contributed by atoms with Crippen LogP contribution in [0.2, 0.25) is 0 Å². The number of hydrogen-bond acceptors (Lipinski definition) is 4. The number of nitrogens with zero attached hydrogens (tertiary/aromatic N) is 4. The molecular formula is C9H16N4O2. The fourth-order valence-electron chi connectivity index (χ4n) is 1.42. The Morgan fingerprint density at radius 3 is 2.47 bits per heavy atom. The third-order valence-electron chi connectivity index (χ3n) is 2.30. The molecule has 1 rings (SSSR count). The minimum absolute atomic E-state index is 0.0925. The van der Waals surface area contributed by atoms with Crippen LogP contribution in [0.5, 0.6) is 0 Å². The van der Waals surface area contributed by atoms with Gasteiger partial charge in [-0.2, -0.15) is 0 Å². The molecule has 0 atom stereocenters. The highest BCUT2D eigenvalue weighted by molar-refractivity contribution is 5.69. The summed E-state index contributed by atoms with van der Waals surface area (Å²) in [6.07, 6.45) is -0.0925. The quantitative estimate of drug-likeness (QED) is 0.759. The maximum absolute atomic E-state index is 10.5. The molecule has 0 aliphatic carbocycles. The molecule has 6 nitrogen and oxygen atoms in total. The van der Waals surface area contributed by atoms with Crippen LogP contribution in [-0.2, 0) is 18.3 Å². The molecular weight excluding hydrogens is 196 g/mol. The number of aliphatic carboxylic acids is 1. The molecule has 1 aromatic heterocycles. The average molecular weight is 212 g/mol. The van der Waals surface area contributed by atoms with Gasteiger partial charge >= 0.3 is 5.97 Å². The normalized spacial score (nSPS) is 10.3. The van der Waals surface area contributed by atoms with Crippen molar-refractivity contribution in [2.75, 3.05) is 18.0 Å². The van der Waals surface area contributed by atoms with Gasteiger partial charge in [0, 0.05) is 20.1 Å². The Labute approximate surface area is 88.5 Å². The van der Waals surface area contributed by atoms with E-state index in [4.69, 9.17) is 5.11 Å². The van der Waals surface area contributed by atoms with Crippen molar-refractivity contribution < 1.29 is 9.90 Å². The number of carboxylic acid groups (broad SMARTS) is 1. The smallest absolute Gasteiger partial charge is 0.311 e.